The molecule has 21 heavy (non-hydrogen) atoms. The number of hydrogen-bond acceptors (Lipinski definition) is 3. The molecule has 0 aromatic carbocycles. The summed E-state index contributed by atoms with van der Waals surface area (Å²) in [5.41, 5.74) is 0. The topological polar surface area (TPSA) is 57.7 Å². The number of rotatable bonds is 5. The van der Waals surface area contributed by atoms with Gasteiger partial charge in [0.05, 0.1) is 5.75 Å². The SMILES string of the molecule is CCCCS(=O)(=O)N1CCCN(C(=O)C2CCCC2)CC1. The van der Waals surface area contributed by atoms with E-state index in [2.05, 4.69) is 0 Å². The van der Waals surface area contributed by atoms with E-state index in [0.717, 1.165) is 38.5 Å². The van der Waals surface area contributed by atoms with Crippen molar-refractivity contribution in [3.63, 3.8) is 0 Å². The Hall–Kier alpha value is -0.620. The van der Waals surface area contributed by atoms with Gasteiger partial charge in [-0.25, -0.2) is 12.7 Å². The van der Waals surface area contributed by atoms with E-state index in [4.69, 9.17) is 0 Å². The average molecular weight is 316 g/mol. The second-order valence-corrected chi connectivity index (χ2v) is 8.32. The maximum Gasteiger partial charge on any atom is 0.225 e. The van der Waals surface area contributed by atoms with Gasteiger partial charge in [0.25, 0.3) is 0 Å². The summed E-state index contributed by atoms with van der Waals surface area (Å²) in [6.45, 7) is 4.28. The molecule has 0 spiro atoms. The van der Waals surface area contributed by atoms with Crippen LogP contribution in [0.3, 0.4) is 0 Å². The van der Waals surface area contributed by atoms with Crippen molar-refractivity contribution < 1.29 is 13.2 Å². The van der Waals surface area contributed by atoms with Crippen LogP contribution in [0.2, 0.25) is 0 Å². The lowest BCUT2D eigenvalue weighted by atomic mass is 10.1. The van der Waals surface area contributed by atoms with Crippen LogP contribution in [-0.4, -0.2) is 55.5 Å². The predicted molar refractivity (Wildman–Crippen MR) is 83.4 cm³/mol. The number of amides is 1. The van der Waals surface area contributed by atoms with E-state index in [1.165, 1.54) is 0 Å². The highest BCUT2D eigenvalue weighted by Gasteiger charge is 2.30. The lowest BCUT2D eigenvalue weighted by Crippen LogP contribution is -2.40. The minimum absolute atomic E-state index is 0.188. The van der Waals surface area contributed by atoms with E-state index in [0.29, 0.717) is 32.6 Å². The van der Waals surface area contributed by atoms with Crippen molar-refractivity contribution in [2.75, 3.05) is 31.9 Å². The molecule has 1 heterocycles. The highest BCUT2D eigenvalue weighted by molar-refractivity contribution is 7.89. The van der Waals surface area contributed by atoms with Gasteiger partial charge in [0, 0.05) is 32.1 Å². The van der Waals surface area contributed by atoms with Gasteiger partial charge in [0.1, 0.15) is 0 Å². The first-order valence-corrected chi connectivity index (χ1v) is 9.92. The standard InChI is InChI=1S/C15H28N2O3S/c1-2-3-13-21(19,20)17-10-6-9-16(11-12-17)15(18)14-7-4-5-8-14/h14H,2-13H2,1H3. The maximum atomic E-state index is 12.4. The lowest BCUT2D eigenvalue weighted by molar-refractivity contribution is -0.135. The lowest BCUT2D eigenvalue weighted by Gasteiger charge is -2.24. The third kappa shape index (κ3) is 4.42. The van der Waals surface area contributed by atoms with Crippen LogP contribution in [0.4, 0.5) is 0 Å². The van der Waals surface area contributed by atoms with Gasteiger partial charge < -0.3 is 4.90 Å². The van der Waals surface area contributed by atoms with Gasteiger partial charge in [0.2, 0.25) is 15.9 Å². The molecule has 0 N–H and O–H groups in total. The molecule has 2 fully saturated rings. The summed E-state index contributed by atoms with van der Waals surface area (Å²) < 4.78 is 26.1. The third-order valence-electron chi connectivity index (χ3n) is 4.62. The molecule has 0 bridgehead atoms. The fourth-order valence-electron chi connectivity index (χ4n) is 3.28. The average Bonchev–Trinajstić information content (AvgIpc) is 2.88. The largest absolute Gasteiger partial charge is 0.341 e. The Labute approximate surface area is 128 Å². The zero-order valence-corrected chi connectivity index (χ0v) is 13.9. The first-order valence-electron chi connectivity index (χ1n) is 8.31. The Bertz CT molecular complexity index is 444. The van der Waals surface area contributed by atoms with E-state index in [1.54, 1.807) is 4.31 Å². The Balaban J connectivity index is 1.90. The van der Waals surface area contributed by atoms with E-state index in [-0.39, 0.29) is 17.6 Å². The highest BCUT2D eigenvalue weighted by Crippen LogP contribution is 2.27. The number of unbranched alkanes of at least 4 members (excludes halogenated alkanes) is 1. The smallest absolute Gasteiger partial charge is 0.225 e. The minimum Gasteiger partial charge on any atom is -0.341 e. The van der Waals surface area contributed by atoms with Crippen LogP contribution < -0.4 is 0 Å². The van der Waals surface area contributed by atoms with Crippen molar-refractivity contribution in [2.24, 2.45) is 5.92 Å². The first-order chi connectivity index (χ1) is 10.0. The summed E-state index contributed by atoms with van der Waals surface area (Å²) >= 11 is 0. The van der Waals surface area contributed by atoms with Gasteiger partial charge in [-0.05, 0) is 25.7 Å². The fraction of sp³-hybridized carbons (Fsp3) is 0.933. The number of carbonyl (C=O) groups excluding carboxylic acids is 1. The molecule has 0 atom stereocenters. The zero-order valence-electron chi connectivity index (χ0n) is 13.1. The fourth-order valence-corrected chi connectivity index (χ4v) is 4.96. The molecular weight excluding hydrogens is 288 g/mol. The van der Waals surface area contributed by atoms with Gasteiger partial charge >= 0.3 is 0 Å². The van der Waals surface area contributed by atoms with Crippen LogP contribution in [0.1, 0.15) is 51.9 Å². The van der Waals surface area contributed by atoms with Crippen LogP contribution in [-0.2, 0) is 14.8 Å². The van der Waals surface area contributed by atoms with Crippen molar-refractivity contribution in [3.05, 3.63) is 0 Å². The van der Waals surface area contributed by atoms with Crippen molar-refractivity contribution in [3.8, 4) is 0 Å². The molecule has 1 amide bonds. The second-order valence-electron chi connectivity index (χ2n) is 6.23. The van der Waals surface area contributed by atoms with Gasteiger partial charge in [0.15, 0.2) is 0 Å². The Kier molecular flexibility index (Phi) is 6.05. The van der Waals surface area contributed by atoms with Crippen LogP contribution >= 0.6 is 0 Å². The number of sulfonamides is 1. The quantitative estimate of drug-likeness (QED) is 0.777. The normalized spacial score (nSPS) is 22.4. The molecule has 1 saturated heterocycles. The summed E-state index contributed by atoms with van der Waals surface area (Å²) in [5.74, 6) is 0.675. The number of nitrogens with zero attached hydrogens (tertiary/aromatic N) is 2. The number of carbonyl (C=O) groups is 1. The summed E-state index contributed by atoms with van der Waals surface area (Å²) in [4.78, 5) is 14.3. The van der Waals surface area contributed by atoms with E-state index < -0.39 is 10.0 Å². The highest BCUT2D eigenvalue weighted by atomic mass is 32.2. The molecule has 0 aromatic heterocycles. The maximum absolute atomic E-state index is 12.4. The molecule has 122 valence electrons. The first kappa shape index (κ1) is 16.7. The predicted octanol–water partition coefficient (Wildman–Crippen LogP) is 1.84. The minimum atomic E-state index is -3.14. The van der Waals surface area contributed by atoms with Crippen molar-refractivity contribution in [2.45, 2.75) is 51.9 Å². The molecule has 0 unspecified atom stereocenters. The molecule has 6 heteroatoms. The molecule has 2 aliphatic rings. The van der Waals surface area contributed by atoms with Crippen LogP contribution in [0.5, 0.6) is 0 Å². The molecule has 1 aliphatic carbocycles. The second kappa shape index (κ2) is 7.58. The van der Waals surface area contributed by atoms with Crippen LogP contribution in [0.25, 0.3) is 0 Å². The van der Waals surface area contributed by atoms with E-state index >= 15 is 0 Å². The van der Waals surface area contributed by atoms with Crippen LogP contribution in [0.15, 0.2) is 0 Å². The molecule has 0 aromatic rings. The summed E-state index contributed by atoms with van der Waals surface area (Å²) in [6, 6.07) is 0. The molecule has 2 rings (SSSR count). The molecular formula is C15H28N2O3S. The van der Waals surface area contributed by atoms with Crippen LogP contribution in [0, 0.1) is 5.92 Å². The Morgan fingerprint density at radius 3 is 2.43 bits per heavy atom. The van der Waals surface area contributed by atoms with Gasteiger partial charge in [-0.2, -0.15) is 0 Å². The van der Waals surface area contributed by atoms with Gasteiger partial charge in [-0.3, -0.25) is 4.79 Å². The Morgan fingerprint density at radius 1 is 1.05 bits per heavy atom. The van der Waals surface area contributed by atoms with Gasteiger partial charge in [-0.15, -0.1) is 0 Å². The van der Waals surface area contributed by atoms with Gasteiger partial charge in [-0.1, -0.05) is 26.2 Å². The van der Waals surface area contributed by atoms with E-state index in [1.807, 2.05) is 11.8 Å². The van der Waals surface area contributed by atoms with Crippen molar-refractivity contribution in [1.82, 2.24) is 9.21 Å². The van der Waals surface area contributed by atoms with Crippen molar-refractivity contribution >= 4 is 15.9 Å². The molecule has 1 saturated carbocycles. The third-order valence-corrected chi connectivity index (χ3v) is 6.58. The monoisotopic (exact) mass is 316 g/mol. The van der Waals surface area contributed by atoms with Crippen molar-refractivity contribution in [1.29, 1.82) is 0 Å². The molecule has 0 radical (unpaired) electrons. The summed E-state index contributed by atoms with van der Waals surface area (Å²) in [7, 11) is -3.14. The molecule has 5 nitrogen and oxygen atoms in total. The Morgan fingerprint density at radius 2 is 1.76 bits per heavy atom. The summed E-state index contributed by atoms with van der Waals surface area (Å²) in [5, 5.41) is 0. The number of hydrogen-bond donors (Lipinski definition) is 0. The molecule has 1 aliphatic heterocycles. The van der Waals surface area contributed by atoms with E-state index in [9.17, 15) is 13.2 Å². The summed E-state index contributed by atoms with van der Waals surface area (Å²) in [6.07, 6.45) is 6.68. The zero-order chi connectivity index (χ0) is 15.3.